The van der Waals surface area contributed by atoms with Gasteiger partial charge in [-0.25, -0.2) is 4.98 Å². The number of nitrogens with one attached hydrogen (secondary N) is 1. The summed E-state index contributed by atoms with van der Waals surface area (Å²) in [4.78, 5) is 5.88. The Kier molecular flexibility index (Phi) is 3.66. The summed E-state index contributed by atoms with van der Waals surface area (Å²) < 4.78 is 11.2. The van der Waals surface area contributed by atoms with Gasteiger partial charge in [0.15, 0.2) is 0 Å². The molecule has 1 saturated carbocycles. The average molecular weight is 268 g/mol. The van der Waals surface area contributed by atoms with Gasteiger partial charge in [0.1, 0.15) is 10.6 Å². The second kappa shape index (κ2) is 5.25. The van der Waals surface area contributed by atoms with Crippen molar-refractivity contribution < 1.29 is 9.47 Å². The van der Waals surface area contributed by atoms with Crippen LogP contribution in [-0.4, -0.2) is 31.3 Å². The summed E-state index contributed by atoms with van der Waals surface area (Å²) in [6.45, 7) is 2.48. The number of thiazole rings is 1. The molecule has 0 aromatic carbocycles. The molecule has 100 valence electrons. The number of hydrogen-bond donors (Lipinski definition) is 1. The highest BCUT2D eigenvalue weighted by Crippen LogP contribution is 2.37. The van der Waals surface area contributed by atoms with Gasteiger partial charge in [-0.3, -0.25) is 0 Å². The molecule has 1 N–H and O–H groups in total. The van der Waals surface area contributed by atoms with Gasteiger partial charge in [0.2, 0.25) is 0 Å². The van der Waals surface area contributed by atoms with Crippen LogP contribution in [0.3, 0.4) is 0 Å². The fraction of sp³-hybridized carbons (Fsp3) is 0.769. The molecule has 0 bridgehead atoms. The lowest BCUT2D eigenvalue weighted by atomic mass is 9.95. The molecule has 2 fully saturated rings. The van der Waals surface area contributed by atoms with Crippen molar-refractivity contribution in [2.45, 2.75) is 43.9 Å². The van der Waals surface area contributed by atoms with Crippen LogP contribution in [0.1, 0.15) is 35.6 Å². The van der Waals surface area contributed by atoms with Crippen molar-refractivity contribution in [1.29, 1.82) is 0 Å². The van der Waals surface area contributed by atoms with Crippen LogP contribution in [0.5, 0.6) is 0 Å². The molecular formula is C13H20N2O2S. The lowest BCUT2D eigenvalue weighted by Gasteiger charge is -2.33. The van der Waals surface area contributed by atoms with Crippen LogP contribution in [0, 0.1) is 0 Å². The summed E-state index contributed by atoms with van der Waals surface area (Å²) in [6.07, 6.45) is 6.46. The molecule has 1 aliphatic heterocycles. The van der Waals surface area contributed by atoms with E-state index < -0.39 is 0 Å². The van der Waals surface area contributed by atoms with Crippen LogP contribution in [0.4, 0.5) is 0 Å². The second-order valence-corrected chi connectivity index (χ2v) is 6.21. The van der Waals surface area contributed by atoms with Crippen LogP contribution in [-0.2, 0) is 21.6 Å². The highest BCUT2D eigenvalue weighted by molar-refractivity contribution is 7.11. The second-order valence-electron chi connectivity index (χ2n) is 5.10. The van der Waals surface area contributed by atoms with Gasteiger partial charge < -0.3 is 14.8 Å². The Morgan fingerprint density at radius 1 is 1.50 bits per heavy atom. The van der Waals surface area contributed by atoms with Crippen molar-refractivity contribution in [2.75, 3.05) is 20.3 Å². The van der Waals surface area contributed by atoms with Crippen LogP contribution in [0.25, 0.3) is 0 Å². The monoisotopic (exact) mass is 268 g/mol. The van der Waals surface area contributed by atoms with E-state index in [-0.39, 0.29) is 5.60 Å². The fourth-order valence-electron chi connectivity index (χ4n) is 2.34. The SMILES string of the molecule is COC1(c2ncc(CNC3CC3)s2)CCOCC1. The highest BCUT2D eigenvalue weighted by Gasteiger charge is 2.37. The number of hydrogen-bond acceptors (Lipinski definition) is 5. The van der Waals surface area contributed by atoms with Gasteiger partial charge in [0, 0.05) is 56.8 Å². The molecule has 1 aromatic rings. The van der Waals surface area contributed by atoms with E-state index in [9.17, 15) is 0 Å². The fourth-order valence-corrected chi connectivity index (χ4v) is 3.43. The van der Waals surface area contributed by atoms with Crippen LogP contribution in [0.2, 0.25) is 0 Å². The normalized spacial score (nSPS) is 23.2. The molecule has 1 aliphatic carbocycles. The van der Waals surface area contributed by atoms with Crippen molar-refractivity contribution >= 4 is 11.3 Å². The first-order valence-corrected chi connectivity index (χ1v) is 7.45. The Morgan fingerprint density at radius 2 is 2.28 bits per heavy atom. The molecule has 0 spiro atoms. The molecule has 2 aliphatic rings. The number of methoxy groups -OCH3 is 1. The average Bonchev–Trinajstić information content (AvgIpc) is 3.14. The van der Waals surface area contributed by atoms with E-state index >= 15 is 0 Å². The van der Waals surface area contributed by atoms with E-state index in [2.05, 4.69) is 10.3 Å². The molecule has 0 unspecified atom stereocenters. The summed E-state index contributed by atoms with van der Waals surface area (Å²) in [5, 5.41) is 4.64. The predicted molar refractivity (Wildman–Crippen MR) is 70.7 cm³/mol. The molecular weight excluding hydrogens is 248 g/mol. The Labute approximate surface area is 112 Å². The quantitative estimate of drug-likeness (QED) is 0.887. The largest absolute Gasteiger partial charge is 0.381 e. The standard InChI is InChI=1S/C13H20N2O2S/c1-16-13(4-6-17-7-5-13)12-15-9-11(18-12)8-14-10-2-3-10/h9-10,14H,2-8H2,1H3. The van der Waals surface area contributed by atoms with Gasteiger partial charge in [-0.15, -0.1) is 11.3 Å². The predicted octanol–water partition coefficient (Wildman–Crippen LogP) is 2.05. The maximum Gasteiger partial charge on any atom is 0.125 e. The minimum Gasteiger partial charge on any atom is -0.381 e. The molecule has 0 radical (unpaired) electrons. The zero-order chi connectivity index (χ0) is 12.4. The van der Waals surface area contributed by atoms with E-state index in [4.69, 9.17) is 9.47 Å². The molecule has 1 aromatic heterocycles. The van der Waals surface area contributed by atoms with Gasteiger partial charge in [0.25, 0.3) is 0 Å². The smallest absolute Gasteiger partial charge is 0.125 e. The zero-order valence-electron chi connectivity index (χ0n) is 10.8. The van der Waals surface area contributed by atoms with E-state index in [1.165, 1.54) is 17.7 Å². The summed E-state index contributed by atoms with van der Waals surface area (Å²) >= 11 is 1.78. The van der Waals surface area contributed by atoms with Crippen molar-refractivity contribution in [3.05, 3.63) is 16.1 Å². The summed E-state index contributed by atoms with van der Waals surface area (Å²) in [6, 6.07) is 0.745. The topological polar surface area (TPSA) is 43.4 Å². The maximum absolute atomic E-state index is 5.76. The van der Waals surface area contributed by atoms with E-state index in [0.717, 1.165) is 43.6 Å². The minimum absolute atomic E-state index is 0.208. The number of aromatic nitrogens is 1. The molecule has 1 saturated heterocycles. The van der Waals surface area contributed by atoms with Crippen molar-refractivity contribution in [2.24, 2.45) is 0 Å². The van der Waals surface area contributed by atoms with Crippen molar-refractivity contribution in [3.63, 3.8) is 0 Å². The van der Waals surface area contributed by atoms with Gasteiger partial charge in [-0.1, -0.05) is 0 Å². The third-order valence-electron chi connectivity index (χ3n) is 3.78. The Hall–Kier alpha value is -0.490. The Bertz CT molecular complexity index is 397. The van der Waals surface area contributed by atoms with Gasteiger partial charge >= 0.3 is 0 Å². The summed E-state index contributed by atoms with van der Waals surface area (Å²) in [5.74, 6) is 0. The van der Waals surface area contributed by atoms with E-state index in [1.807, 2.05) is 6.20 Å². The lowest BCUT2D eigenvalue weighted by Crippen LogP contribution is -2.35. The lowest BCUT2D eigenvalue weighted by molar-refractivity contribution is -0.0948. The van der Waals surface area contributed by atoms with Crippen LogP contribution in [0.15, 0.2) is 6.20 Å². The number of nitrogens with zero attached hydrogens (tertiary/aromatic N) is 1. The van der Waals surface area contributed by atoms with E-state index in [1.54, 1.807) is 18.4 Å². The highest BCUT2D eigenvalue weighted by atomic mass is 32.1. The summed E-state index contributed by atoms with van der Waals surface area (Å²) in [5.41, 5.74) is -0.208. The molecule has 18 heavy (non-hydrogen) atoms. The first kappa shape index (κ1) is 12.5. The number of ether oxygens (including phenoxy) is 2. The van der Waals surface area contributed by atoms with Crippen LogP contribution < -0.4 is 5.32 Å². The maximum atomic E-state index is 5.76. The molecule has 0 atom stereocenters. The van der Waals surface area contributed by atoms with Crippen molar-refractivity contribution in [3.8, 4) is 0 Å². The third kappa shape index (κ3) is 2.59. The van der Waals surface area contributed by atoms with Gasteiger partial charge in [0.05, 0.1) is 0 Å². The molecule has 3 rings (SSSR count). The van der Waals surface area contributed by atoms with E-state index in [0.29, 0.717) is 0 Å². The summed E-state index contributed by atoms with van der Waals surface area (Å²) in [7, 11) is 1.79. The first-order valence-electron chi connectivity index (χ1n) is 6.64. The Balaban J connectivity index is 1.69. The molecule has 5 heteroatoms. The Morgan fingerprint density at radius 3 is 2.94 bits per heavy atom. The van der Waals surface area contributed by atoms with Crippen molar-refractivity contribution in [1.82, 2.24) is 10.3 Å². The molecule has 2 heterocycles. The molecule has 4 nitrogen and oxygen atoms in total. The first-order chi connectivity index (χ1) is 8.82. The van der Waals surface area contributed by atoms with Gasteiger partial charge in [-0.05, 0) is 12.8 Å². The zero-order valence-corrected chi connectivity index (χ0v) is 11.6. The third-order valence-corrected chi connectivity index (χ3v) is 4.96. The van der Waals surface area contributed by atoms with Crippen LogP contribution >= 0.6 is 11.3 Å². The van der Waals surface area contributed by atoms with Gasteiger partial charge in [-0.2, -0.15) is 0 Å². The number of rotatable bonds is 5. The molecule has 0 amide bonds. The minimum atomic E-state index is -0.208.